The van der Waals surface area contributed by atoms with Crippen LogP contribution in [-0.4, -0.2) is 21.6 Å². The average Bonchev–Trinajstić information content (AvgIpc) is 1.85. The van der Waals surface area contributed by atoms with Crippen molar-refractivity contribution in [3.63, 3.8) is 0 Å². The Morgan fingerprint density at radius 2 is 2.20 bits per heavy atom. The minimum Gasteiger partial charge on any atom is -0.615 e. The van der Waals surface area contributed by atoms with E-state index in [1.807, 2.05) is 0 Å². The second-order valence-electron chi connectivity index (χ2n) is 2.06. The third-order valence-electron chi connectivity index (χ3n) is 1.46. The van der Waals surface area contributed by atoms with Crippen molar-refractivity contribution >= 4 is 17.1 Å². The molecular formula is C5H12N2O2S. The van der Waals surface area contributed by atoms with E-state index in [0.717, 1.165) is 0 Å². The lowest BCUT2D eigenvalue weighted by Crippen LogP contribution is -2.57. The third kappa shape index (κ3) is 1.62. The molecule has 2 atom stereocenters. The summed E-state index contributed by atoms with van der Waals surface area (Å²) >= 11 is -1.40. The molecular weight excluding hydrogens is 152 g/mol. The highest BCUT2D eigenvalue weighted by molar-refractivity contribution is 7.92. The smallest absolute Gasteiger partial charge is 0.289 e. The third-order valence-corrected chi connectivity index (χ3v) is 2.97. The van der Waals surface area contributed by atoms with Crippen LogP contribution in [0.5, 0.6) is 0 Å². The number of hydrogen-bond acceptors (Lipinski definition) is 3. The van der Waals surface area contributed by atoms with Crippen LogP contribution in [0.3, 0.4) is 0 Å². The molecule has 0 aliphatic carbocycles. The Labute approximate surface area is 63.1 Å². The van der Waals surface area contributed by atoms with Crippen molar-refractivity contribution in [2.24, 2.45) is 11.5 Å². The summed E-state index contributed by atoms with van der Waals surface area (Å²) in [6.07, 6.45) is 1.67. The maximum atomic E-state index is 10.8. The highest BCUT2D eigenvalue weighted by atomic mass is 32.2. The minimum atomic E-state index is -1.40. The van der Waals surface area contributed by atoms with Gasteiger partial charge in [-0.05, 0) is 11.2 Å². The molecule has 0 aromatic carbocycles. The molecule has 5 heteroatoms. The van der Waals surface area contributed by atoms with E-state index in [1.54, 1.807) is 6.92 Å². The van der Waals surface area contributed by atoms with Gasteiger partial charge in [-0.25, -0.2) is 0 Å². The number of carbonyl (C=O) groups excluding carboxylic acids is 1. The van der Waals surface area contributed by atoms with Gasteiger partial charge < -0.3 is 10.3 Å². The Hall–Kier alpha value is -0.260. The van der Waals surface area contributed by atoms with E-state index in [1.165, 1.54) is 6.26 Å². The lowest BCUT2D eigenvalue weighted by atomic mass is 10.2. The summed E-state index contributed by atoms with van der Waals surface area (Å²) in [5, 5.41) is 0. The van der Waals surface area contributed by atoms with Crippen LogP contribution in [0.15, 0.2) is 0 Å². The molecule has 0 saturated carbocycles. The normalized spacial score (nSPS) is 19.6. The zero-order valence-corrected chi connectivity index (χ0v) is 6.90. The molecule has 0 fully saturated rings. The van der Waals surface area contributed by atoms with Crippen molar-refractivity contribution in [1.29, 1.82) is 0 Å². The van der Waals surface area contributed by atoms with Gasteiger partial charge in [0.15, 0.2) is 0 Å². The molecule has 4 nitrogen and oxygen atoms in total. The molecule has 0 heterocycles. The molecule has 60 valence electrons. The minimum absolute atomic E-state index is 0.297. The topological polar surface area (TPSA) is 92.2 Å². The molecule has 0 rings (SSSR count). The molecule has 0 radical (unpaired) electrons. The van der Waals surface area contributed by atoms with Gasteiger partial charge in [-0.3, -0.25) is 10.5 Å². The fraction of sp³-hybridized carbons (Fsp3) is 0.800. The first-order chi connectivity index (χ1) is 4.45. The van der Waals surface area contributed by atoms with Crippen molar-refractivity contribution in [1.82, 2.24) is 0 Å². The van der Waals surface area contributed by atoms with Crippen LogP contribution >= 0.6 is 0 Å². The zero-order valence-electron chi connectivity index (χ0n) is 6.09. The van der Waals surface area contributed by atoms with E-state index in [0.29, 0.717) is 6.42 Å². The fourth-order valence-electron chi connectivity index (χ4n) is 0.519. The fourth-order valence-corrected chi connectivity index (χ4v) is 1.21. The summed E-state index contributed by atoms with van der Waals surface area (Å²) in [7, 11) is 0. The first-order valence-electron chi connectivity index (χ1n) is 2.87. The molecule has 0 aliphatic rings. The van der Waals surface area contributed by atoms with Gasteiger partial charge in [-0.2, -0.15) is 0 Å². The van der Waals surface area contributed by atoms with E-state index in [2.05, 4.69) is 0 Å². The van der Waals surface area contributed by atoms with E-state index in [9.17, 15) is 9.35 Å². The van der Waals surface area contributed by atoms with Crippen LogP contribution in [-0.2, 0) is 16.0 Å². The van der Waals surface area contributed by atoms with Crippen LogP contribution < -0.4 is 11.5 Å². The van der Waals surface area contributed by atoms with Crippen molar-refractivity contribution < 1.29 is 9.35 Å². The van der Waals surface area contributed by atoms with E-state index in [4.69, 9.17) is 11.5 Å². The van der Waals surface area contributed by atoms with Crippen molar-refractivity contribution in [2.45, 2.75) is 18.2 Å². The number of primary amides is 1. The lowest BCUT2D eigenvalue weighted by Gasteiger charge is -2.24. The monoisotopic (exact) mass is 164 g/mol. The summed E-state index contributed by atoms with van der Waals surface area (Å²) in [5.41, 5.74) is 10.3. The summed E-state index contributed by atoms with van der Waals surface area (Å²) in [4.78, 5) is 9.25. The largest absolute Gasteiger partial charge is 0.615 e. The highest BCUT2D eigenvalue weighted by Crippen LogP contribution is 2.12. The van der Waals surface area contributed by atoms with Gasteiger partial charge in [0.2, 0.25) is 0 Å². The lowest BCUT2D eigenvalue weighted by molar-refractivity contribution is -0.120. The first kappa shape index (κ1) is 9.74. The predicted octanol–water partition coefficient (Wildman–Crippen LogP) is -1.08. The van der Waals surface area contributed by atoms with Crippen LogP contribution in [0.1, 0.15) is 13.3 Å². The molecule has 4 N–H and O–H groups in total. The van der Waals surface area contributed by atoms with Crippen LogP contribution in [0.2, 0.25) is 0 Å². The summed E-state index contributed by atoms with van der Waals surface area (Å²) < 4.78 is 10.8. The Morgan fingerprint density at radius 3 is 2.20 bits per heavy atom. The van der Waals surface area contributed by atoms with Gasteiger partial charge >= 0.3 is 0 Å². The molecule has 10 heavy (non-hydrogen) atoms. The van der Waals surface area contributed by atoms with Gasteiger partial charge in [-0.1, -0.05) is 6.92 Å². The van der Waals surface area contributed by atoms with E-state index in [-0.39, 0.29) is 0 Å². The molecule has 0 aromatic heterocycles. The van der Waals surface area contributed by atoms with Gasteiger partial charge in [0.25, 0.3) is 10.8 Å². The number of nitrogens with two attached hydrogens (primary N) is 2. The molecule has 1 amide bonds. The molecule has 0 aliphatic heterocycles. The van der Waals surface area contributed by atoms with E-state index < -0.39 is 22.0 Å². The maximum Gasteiger partial charge on any atom is 0.289 e. The maximum absolute atomic E-state index is 10.8. The van der Waals surface area contributed by atoms with Crippen molar-refractivity contribution in [2.75, 3.05) is 6.26 Å². The van der Waals surface area contributed by atoms with Gasteiger partial charge in [0.05, 0.1) is 6.26 Å². The standard InChI is InChI=1S/C5H12N2O2S/c1-3-5(7,4(6)8)10(2)9/h3,7H2,1-2H3,(H2,6,8). The summed E-state index contributed by atoms with van der Waals surface area (Å²) in [6, 6.07) is 0. The Bertz CT molecular complexity index is 140. The van der Waals surface area contributed by atoms with Gasteiger partial charge in [0.1, 0.15) is 0 Å². The van der Waals surface area contributed by atoms with Gasteiger partial charge in [0, 0.05) is 6.42 Å². The second-order valence-corrected chi connectivity index (χ2v) is 3.70. The molecule has 0 aromatic rings. The van der Waals surface area contributed by atoms with Crippen LogP contribution in [0, 0.1) is 0 Å². The highest BCUT2D eigenvalue weighted by Gasteiger charge is 2.39. The molecule has 0 bridgehead atoms. The summed E-state index contributed by atoms with van der Waals surface area (Å²) in [5.74, 6) is -0.712. The average molecular weight is 164 g/mol. The second kappa shape index (κ2) is 3.23. The zero-order chi connectivity index (χ0) is 8.36. The molecule has 0 spiro atoms. The van der Waals surface area contributed by atoms with E-state index >= 15 is 0 Å². The number of rotatable bonds is 3. The predicted molar refractivity (Wildman–Crippen MR) is 40.5 cm³/mol. The Morgan fingerprint density at radius 1 is 1.80 bits per heavy atom. The Kier molecular flexibility index (Phi) is 3.14. The SMILES string of the molecule is CCC(N)(C(N)=O)[S+](C)[O-]. The van der Waals surface area contributed by atoms with Gasteiger partial charge in [-0.15, -0.1) is 0 Å². The quantitative estimate of drug-likeness (QED) is 0.519. The summed E-state index contributed by atoms with van der Waals surface area (Å²) in [6.45, 7) is 1.67. The molecule has 2 unspecified atom stereocenters. The van der Waals surface area contributed by atoms with Crippen LogP contribution in [0.25, 0.3) is 0 Å². The molecule has 0 saturated heterocycles. The van der Waals surface area contributed by atoms with Crippen LogP contribution in [0.4, 0.5) is 0 Å². The number of amides is 1. The number of carbonyl (C=O) groups is 1. The van der Waals surface area contributed by atoms with Crippen molar-refractivity contribution in [3.05, 3.63) is 0 Å². The Balaban J connectivity index is 4.38. The first-order valence-corrected chi connectivity index (χ1v) is 4.43. The van der Waals surface area contributed by atoms with Crippen molar-refractivity contribution in [3.8, 4) is 0 Å². The number of hydrogen-bond donors (Lipinski definition) is 2.